The van der Waals surface area contributed by atoms with Crippen LogP contribution in [-0.4, -0.2) is 50.5 Å². The molecule has 0 fully saturated rings. The van der Waals surface area contributed by atoms with Crippen molar-refractivity contribution in [2.75, 3.05) is 31.2 Å². The summed E-state index contributed by atoms with van der Waals surface area (Å²) in [5.74, 6) is 0.244. The van der Waals surface area contributed by atoms with Crippen molar-refractivity contribution in [2.45, 2.75) is 0 Å². The lowest BCUT2D eigenvalue weighted by molar-refractivity contribution is 0.0955. The van der Waals surface area contributed by atoms with Crippen LogP contribution in [0.1, 0.15) is 10.4 Å². The van der Waals surface area contributed by atoms with Crippen molar-refractivity contribution in [1.29, 1.82) is 0 Å². The maximum Gasteiger partial charge on any atom is 0.251 e. The number of ether oxygens (including phenoxy) is 2. The highest BCUT2D eigenvalue weighted by molar-refractivity contribution is 7.92. The Morgan fingerprint density at radius 1 is 1.11 bits per heavy atom. The largest absolute Gasteiger partial charge is 0.493 e. The molecule has 0 unspecified atom stereocenters. The number of fused-ring (bicyclic) bond motifs is 1. The van der Waals surface area contributed by atoms with Crippen LogP contribution in [-0.2, 0) is 10.0 Å². The Bertz CT molecular complexity index is 1090. The van der Waals surface area contributed by atoms with Crippen molar-refractivity contribution >= 4 is 27.1 Å². The SMILES string of the molecule is COc1ccc(C(=O)NCCS(=O)(=O)Nc2ccn3nccc3c2)cc1OC. The van der Waals surface area contributed by atoms with E-state index in [1.54, 1.807) is 47.2 Å². The van der Waals surface area contributed by atoms with Crippen molar-refractivity contribution in [2.24, 2.45) is 0 Å². The Balaban J connectivity index is 1.57. The van der Waals surface area contributed by atoms with Crippen LogP contribution >= 0.6 is 0 Å². The molecule has 0 aliphatic heterocycles. The number of sulfonamides is 1. The van der Waals surface area contributed by atoms with Gasteiger partial charge in [0, 0.05) is 24.5 Å². The topological polar surface area (TPSA) is 111 Å². The first-order chi connectivity index (χ1) is 13.4. The molecule has 0 aliphatic rings. The Kier molecular flexibility index (Phi) is 5.69. The number of nitrogens with zero attached hydrogens (tertiary/aromatic N) is 2. The van der Waals surface area contributed by atoms with Gasteiger partial charge in [-0.1, -0.05) is 0 Å². The zero-order valence-electron chi connectivity index (χ0n) is 15.4. The molecule has 148 valence electrons. The molecular formula is C18H20N4O5S. The van der Waals surface area contributed by atoms with E-state index in [-0.39, 0.29) is 12.3 Å². The predicted molar refractivity (Wildman–Crippen MR) is 104 cm³/mol. The van der Waals surface area contributed by atoms with E-state index in [0.29, 0.717) is 22.7 Å². The number of hydrogen-bond donors (Lipinski definition) is 2. The van der Waals surface area contributed by atoms with Gasteiger partial charge in [0.15, 0.2) is 11.5 Å². The van der Waals surface area contributed by atoms with Crippen molar-refractivity contribution in [1.82, 2.24) is 14.9 Å². The number of aromatic nitrogens is 2. The molecule has 10 heteroatoms. The van der Waals surface area contributed by atoms with Gasteiger partial charge in [-0.25, -0.2) is 12.9 Å². The van der Waals surface area contributed by atoms with Crippen LogP contribution in [0.2, 0.25) is 0 Å². The third-order valence-corrected chi connectivity index (χ3v) is 5.26. The number of pyridine rings is 1. The fraction of sp³-hybridized carbons (Fsp3) is 0.222. The van der Waals surface area contributed by atoms with E-state index < -0.39 is 15.9 Å². The average molecular weight is 404 g/mol. The minimum atomic E-state index is -3.63. The Morgan fingerprint density at radius 3 is 2.64 bits per heavy atom. The van der Waals surface area contributed by atoms with E-state index in [4.69, 9.17) is 9.47 Å². The number of benzene rings is 1. The highest BCUT2D eigenvalue weighted by Crippen LogP contribution is 2.27. The van der Waals surface area contributed by atoms with Gasteiger partial charge in [-0.3, -0.25) is 9.52 Å². The van der Waals surface area contributed by atoms with Crippen LogP contribution in [0.15, 0.2) is 48.8 Å². The zero-order valence-corrected chi connectivity index (χ0v) is 16.2. The molecule has 0 bridgehead atoms. The van der Waals surface area contributed by atoms with Gasteiger partial charge in [0.1, 0.15) is 0 Å². The van der Waals surface area contributed by atoms with Crippen LogP contribution in [0.5, 0.6) is 11.5 Å². The fourth-order valence-corrected chi connectivity index (χ4v) is 3.55. The smallest absolute Gasteiger partial charge is 0.251 e. The van der Waals surface area contributed by atoms with Crippen molar-refractivity contribution < 1.29 is 22.7 Å². The predicted octanol–water partition coefficient (Wildman–Crippen LogP) is 1.52. The van der Waals surface area contributed by atoms with Crippen LogP contribution in [0.4, 0.5) is 5.69 Å². The van der Waals surface area contributed by atoms with Gasteiger partial charge < -0.3 is 14.8 Å². The molecule has 0 saturated heterocycles. The van der Waals surface area contributed by atoms with E-state index in [1.807, 2.05) is 0 Å². The normalized spacial score (nSPS) is 11.2. The highest BCUT2D eigenvalue weighted by Gasteiger charge is 2.14. The second-order valence-corrected chi connectivity index (χ2v) is 7.70. The number of hydrogen-bond acceptors (Lipinski definition) is 6. The van der Waals surface area contributed by atoms with E-state index in [1.165, 1.54) is 20.3 Å². The van der Waals surface area contributed by atoms with E-state index >= 15 is 0 Å². The second-order valence-electron chi connectivity index (χ2n) is 5.86. The quantitative estimate of drug-likeness (QED) is 0.589. The summed E-state index contributed by atoms with van der Waals surface area (Å²) in [5.41, 5.74) is 1.54. The van der Waals surface area contributed by atoms with Gasteiger partial charge in [0.2, 0.25) is 10.0 Å². The number of anilines is 1. The molecule has 2 heterocycles. The number of carbonyl (C=O) groups is 1. The van der Waals surface area contributed by atoms with Gasteiger partial charge in [0.05, 0.1) is 31.2 Å². The number of nitrogens with one attached hydrogen (secondary N) is 2. The summed E-state index contributed by atoms with van der Waals surface area (Å²) in [5, 5.41) is 6.64. The monoisotopic (exact) mass is 404 g/mol. The molecule has 0 radical (unpaired) electrons. The van der Waals surface area contributed by atoms with Crippen molar-refractivity contribution in [3.8, 4) is 11.5 Å². The van der Waals surface area contributed by atoms with Crippen molar-refractivity contribution in [3.63, 3.8) is 0 Å². The van der Waals surface area contributed by atoms with E-state index in [0.717, 1.165) is 5.52 Å². The van der Waals surface area contributed by atoms with Crippen LogP contribution < -0.4 is 19.5 Å². The molecule has 0 spiro atoms. The lowest BCUT2D eigenvalue weighted by Crippen LogP contribution is -2.31. The average Bonchev–Trinajstić information content (AvgIpc) is 3.14. The minimum absolute atomic E-state index is 0.0442. The standard InChI is InChI=1S/C18H20N4O5S/c1-26-16-4-3-13(11-17(16)27-2)18(23)19-8-10-28(24,25)21-14-6-9-22-15(12-14)5-7-20-22/h3-7,9,11-12,21H,8,10H2,1-2H3,(H,19,23). The first-order valence-corrected chi connectivity index (χ1v) is 10.0. The summed E-state index contributed by atoms with van der Waals surface area (Å²) in [6.07, 6.45) is 3.28. The molecule has 1 aromatic carbocycles. The molecule has 3 rings (SSSR count). The number of carbonyl (C=O) groups excluding carboxylic acids is 1. The maximum atomic E-state index is 12.3. The first-order valence-electron chi connectivity index (χ1n) is 8.36. The molecule has 2 aromatic heterocycles. The molecule has 0 aliphatic carbocycles. The molecule has 2 N–H and O–H groups in total. The lowest BCUT2D eigenvalue weighted by atomic mass is 10.2. The summed E-state index contributed by atoms with van der Waals surface area (Å²) < 4.78 is 38.9. The summed E-state index contributed by atoms with van der Waals surface area (Å²) in [4.78, 5) is 12.2. The number of methoxy groups -OCH3 is 2. The van der Waals surface area contributed by atoms with Crippen LogP contribution in [0.3, 0.4) is 0 Å². The second kappa shape index (κ2) is 8.17. The highest BCUT2D eigenvalue weighted by atomic mass is 32.2. The summed E-state index contributed by atoms with van der Waals surface area (Å²) in [6.45, 7) is -0.0442. The summed E-state index contributed by atoms with van der Waals surface area (Å²) in [6, 6.07) is 9.76. The first kappa shape index (κ1) is 19.5. The van der Waals surface area contributed by atoms with Crippen LogP contribution in [0.25, 0.3) is 5.52 Å². The fourth-order valence-electron chi connectivity index (χ4n) is 2.59. The molecular weight excluding hydrogens is 384 g/mol. The van der Waals surface area contributed by atoms with E-state index in [2.05, 4.69) is 15.1 Å². The Hall–Kier alpha value is -3.27. The summed E-state index contributed by atoms with van der Waals surface area (Å²) in [7, 11) is -0.655. The van der Waals surface area contributed by atoms with Crippen molar-refractivity contribution in [3.05, 3.63) is 54.4 Å². The Morgan fingerprint density at radius 2 is 1.89 bits per heavy atom. The Labute approximate surface area is 162 Å². The maximum absolute atomic E-state index is 12.3. The van der Waals surface area contributed by atoms with Crippen LogP contribution in [0, 0.1) is 0 Å². The molecule has 9 nitrogen and oxygen atoms in total. The van der Waals surface area contributed by atoms with Gasteiger partial charge in [-0.15, -0.1) is 0 Å². The molecule has 1 amide bonds. The van der Waals surface area contributed by atoms with Gasteiger partial charge >= 0.3 is 0 Å². The molecule has 0 atom stereocenters. The molecule has 3 aromatic rings. The summed E-state index contributed by atoms with van der Waals surface area (Å²) >= 11 is 0. The molecule has 28 heavy (non-hydrogen) atoms. The van der Waals surface area contributed by atoms with Gasteiger partial charge in [0.25, 0.3) is 5.91 Å². The van der Waals surface area contributed by atoms with Gasteiger partial charge in [-0.05, 0) is 36.4 Å². The third kappa shape index (κ3) is 4.52. The zero-order chi connectivity index (χ0) is 20.1. The minimum Gasteiger partial charge on any atom is -0.493 e. The number of rotatable bonds is 8. The molecule has 0 saturated carbocycles. The lowest BCUT2D eigenvalue weighted by Gasteiger charge is -2.11. The van der Waals surface area contributed by atoms with Gasteiger partial charge in [-0.2, -0.15) is 5.10 Å². The van der Waals surface area contributed by atoms with E-state index in [9.17, 15) is 13.2 Å². The third-order valence-electron chi connectivity index (χ3n) is 3.98. The number of amides is 1.